The molecule has 2 N–H and O–H groups in total. The molecule has 0 unspecified atom stereocenters. The van der Waals surface area contributed by atoms with Crippen LogP contribution in [0.15, 0.2) is 30.6 Å². The van der Waals surface area contributed by atoms with Crippen molar-refractivity contribution in [1.82, 2.24) is 4.98 Å². The van der Waals surface area contributed by atoms with E-state index >= 15 is 0 Å². The van der Waals surface area contributed by atoms with Gasteiger partial charge in [-0.3, -0.25) is 4.98 Å². The maximum absolute atomic E-state index is 5.56. The molecule has 0 aliphatic rings. The molecular weight excluding hydrogens is 200 g/mol. The van der Waals surface area contributed by atoms with E-state index in [2.05, 4.69) is 11.1 Å². The Morgan fingerprint density at radius 1 is 1.31 bits per heavy atom. The predicted molar refractivity (Wildman–Crippen MR) is 65.7 cm³/mol. The van der Waals surface area contributed by atoms with Crippen molar-refractivity contribution in [2.45, 2.75) is 12.8 Å². The Bertz CT molecular complexity index is 482. The van der Waals surface area contributed by atoms with E-state index in [0.29, 0.717) is 6.54 Å². The van der Waals surface area contributed by atoms with E-state index < -0.39 is 0 Å². The van der Waals surface area contributed by atoms with Gasteiger partial charge in [0, 0.05) is 23.3 Å². The molecule has 0 aliphatic carbocycles. The van der Waals surface area contributed by atoms with Crippen molar-refractivity contribution in [3.05, 3.63) is 36.2 Å². The Morgan fingerprint density at radius 2 is 2.19 bits per heavy atom. The van der Waals surface area contributed by atoms with Gasteiger partial charge in [-0.1, -0.05) is 6.07 Å². The van der Waals surface area contributed by atoms with Gasteiger partial charge >= 0.3 is 0 Å². The lowest BCUT2D eigenvalue weighted by Gasteiger charge is -2.11. The van der Waals surface area contributed by atoms with E-state index in [0.717, 1.165) is 24.0 Å². The van der Waals surface area contributed by atoms with Crippen LogP contribution >= 0.6 is 0 Å². The molecule has 0 amide bonds. The van der Waals surface area contributed by atoms with Crippen LogP contribution in [-0.2, 0) is 6.42 Å². The van der Waals surface area contributed by atoms with Gasteiger partial charge in [-0.05, 0) is 36.9 Å². The zero-order chi connectivity index (χ0) is 11.4. The summed E-state index contributed by atoms with van der Waals surface area (Å²) in [5.41, 5.74) is 6.76. The van der Waals surface area contributed by atoms with Crippen molar-refractivity contribution in [1.29, 1.82) is 0 Å². The van der Waals surface area contributed by atoms with Crippen LogP contribution in [0.2, 0.25) is 0 Å². The minimum absolute atomic E-state index is 0.694. The van der Waals surface area contributed by atoms with Crippen LogP contribution in [0.4, 0.5) is 0 Å². The number of pyridine rings is 1. The highest BCUT2D eigenvalue weighted by Gasteiger charge is 2.07. The zero-order valence-corrected chi connectivity index (χ0v) is 9.44. The summed E-state index contributed by atoms with van der Waals surface area (Å²) in [6.45, 7) is 0.694. The summed E-state index contributed by atoms with van der Waals surface area (Å²) >= 11 is 0. The fourth-order valence-corrected chi connectivity index (χ4v) is 1.93. The minimum atomic E-state index is 0.694. The van der Waals surface area contributed by atoms with Crippen molar-refractivity contribution < 1.29 is 4.74 Å². The first-order valence-corrected chi connectivity index (χ1v) is 5.46. The average Bonchev–Trinajstić information content (AvgIpc) is 2.35. The van der Waals surface area contributed by atoms with Crippen molar-refractivity contribution in [2.75, 3.05) is 13.7 Å². The Kier molecular flexibility index (Phi) is 3.37. The maximum atomic E-state index is 5.56. The van der Waals surface area contributed by atoms with Crippen molar-refractivity contribution in [2.24, 2.45) is 5.73 Å². The first-order chi connectivity index (χ1) is 7.86. The molecule has 84 valence electrons. The molecule has 0 atom stereocenters. The second kappa shape index (κ2) is 4.94. The minimum Gasteiger partial charge on any atom is -0.496 e. The molecule has 2 aromatic rings. The fourth-order valence-electron chi connectivity index (χ4n) is 1.93. The number of fused-ring (bicyclic) bond motifs is 1. The van der Waals surface area contributed by atoms with Crippen LogP contribution in [0.25, 0.3) is 10.8 Å². The number of aryl methyl sites for hydroxylation is 1. The molecule has 0 aliphatic heterocycles. The number of benzene rings is 1. The number of methoxy groups -OCH3 is 1. The number of ether oxygens (including phenoxy) is 1. The van der Waals surface area contributed by atoms with Gasteiger partial charge in [0.15, 0.2) is 0 Å². The number of nitrogens with zero attached hydrogens (tertiary/aromatic N) is 1. The van der Waals surface area contributed by atoms with E-state index in [9.17, 15) is 0 Å². The number of hydrogen-bond donors (Lipinski definition) is 1. The summed E-state index contributed by atoms with van der Waals surface area (Å²) in [6.07, 6.45) is 5.60. The summed E-state index contributed by atoms with van der Waals surface area (Å²) in [6, 6.07) is 6.08. The predicted octanol–water partition coefficient (Wildman–Crippen LogP) is 2.13. The summed E-state index contributed by atoms with van der Waals surface area (Å²) in [4.78, 5) is 4.17. The molecule has 3 nitrogen and oxygen atoms in total. The van der Waals surface area contributed by atoms with Gasteiger partial charge in [0.1, 0.15) is 5.75 Å². The lowest BCUT2D eigenvalue weighted by molar-refractivity contribution is 0.410. The van der Waals surface area contributed by atoms with E-state index in [-0.39, 0.29) is 0 Å². The van der Waals surface area contributed by atoms with Gasteiger partial charge in [0.05, 0.1) is 7.11 Å². The highest BCUT2D eigenvalue weighted by molar-refractivity contribution is 5.86. The molecule has 0 saturated carbocycles. The van der Waals surface area contributed by atoms with Gasteiger partial charge in [-0.2, -0.15) is 0 Å². The van der Waals surface area contributed by atoms with Gasteiger partial charge in [-0.25, -0.2) is 0 Å². The molecule has 1 aromatic heterocycles. The first-order valence-electron chi connectivity index (χ1n) is 5.46. The topological polar surface area (TPSA) is 48.1 Å². The third-order valence-corrected chi connectivity index (χ3v) is 2.74. The Morgan fingerprint density at radius 3 is 2.94 bits per heavy atom. The van der Waals surface area contributed by atoms with E-state index in [1.54, 1.807) is 7.11 Å². The molecule has 0 bridgehead atoms. The van der Waals surface area contributed by atoms with E-state index in [1.807, 2.05) is 24.5 Å². The number of rotatable bonds is 4. The van der Waals surface area contributed by atoms with Crippen molar-refractivity contribution in [3.8, 4) is 5.75 Å². The number of aromatic nitrogens is 1. The van der Waals surface area contributed by atoms with Crippen LogP contribution in [0.1, 0.15) is 12.0 Å². The lowest BCUT2D eigenvalue weighted by atomic mass is 10.0. The second-order valence-electron chi connectivity index (χ2n) is 3.74. The largest absolute Gasteiger partial charge is 0.496 e. The normalized spacial score (nSPS) is 10.6. The molecular formula is C13H16N2O. The molecule has 0 radical (unpaired) electrons. The fraction of sp³-hybridized carbons (Fsp3) is 0.308. The monoisotopic (exact) mass is 216 g/mol. The third kappa shape index (κ3) is 1.99. The highest BCUT2D eigenvalue weighted by atomic mass is 16.5. The van der Waals surface area contributed by atoms with Crippen LogP contribution in [0.3, 0.4) is 0 Å². The maximum Gasteiger partial charge on any atom is 0.122 e. The molecule has 0 fully saturated rings. The second-order valence-corrected chi connectivity index (χ2v) is 3.74. The quantitative estimate of drug-likeness (QED) is 0.851. The molecule has 0 spiro atoms. The van der Waals surface area contributed by atoms with Crippen LogP contribution < -0.4 is 10.5 Å². The summed E-state index contributed by atoms with van der Waals surface area (Å²) in [5, 5.41) is 2.36. The Labute approximate surface area is 95.2 Å². The Hall–Kier alpha value is -1.61. The molecule has 1 aromatic carbocycles. The summed E-state index contributed by atoms with van der Waals surface area (Å²) in [5.74, 6) is 0.925. The van der Waals surface area contributed by atoms with Crippen LogP contribution in [-0.4, -0.2) is 18.6 Å². The standard InChI is InChI=1S/C13H16N2O/c1-16-13-5-4-10-6-8-15-9-12(10)11(13)3-2-7-14/h4-6,8-9H,2-3,7,14H2,1H3. The van der Waals surface area contributed by atoms with Crippen molar-refractivity contribution >= 4 is 10.8 Å². The van der Waals surface area contributed by atoms with Crippen molar-refractivity contribution in [3.63, 3.8) is 0 Å². The first kappa shape index (κ1) is 10.9. The smallest absolute Gasteiger partial charge is 0.122 e. The van der Waals surface area contributed by atoms with Gasteiger partial charge < -0.3 is 10.5 Å². The van der Waals surface area contributed by atoms with Gasteiger partial charge in [0.2, 0.25) is 0 Å². The lowest BCUT2D eigenvalue weighted by Crippen LogP contribution is -2.02. The highest BCUT2D eigenvalue weighted by Crippen LogP contribution is 2.28. The van der Waals surface area contributed by atoms with Crippen LogP contribution in [0, 0.1) is 0 Å². The molecule has 0 saturated heterocycles. The van der Waals surface area contributed by atoms with Crippen LogP contribution in [0.5, 0.6) is 5.75 Å². The average molecular weight is 216 g/mol. The summed E-state index contributed by atoms with van der Waals surface area (Å²) in [7, 11) is 1.70. The molecule has 16 heavy (non-hydrogen) atoms. The Balaban J connectivity index is 2.54. The summed E-state index contributed by atoms with van der Waals surface area (Å²) < 4.78 is 5.38. The van der Waals surface area contributed by atoms with E-state index in [4.69, 9.17) is 10.5 Å². The third-order valence-electron chi connectivity index (χ3n) is 2.74. The molecule has 1 heterocycles. The number of nitrogens with two attached hydrogens (primary N) is 1. The molecule has 3 heteroatoms. The van der Waals surface area contributed by atoms with Gasteiger partial charge in [0.25, 0.3) is 0 Å². The van der Waals surface area contributed by atoms with Gasteiger partial charge in [-0.15, -0.1) is 0 Å². The zero-order valence-electron chi connectivity index (χ0n) is 9.44. The number of hydrogen-bond acceptors (Lipinski definition) is 3. The SMILES string of the molecule is COc1ccc2ccncc2c1CCCN. The van der Waals surface area contributed by atoms with E-state index in [1.165, 1.54) is 10.9 Å². The molecule has 2 rings (SSSR count).